The normalized spacial score (nSPS) is 13.1. The van der Waals surface area contributed by atoms with Crippen LogP contribution in [0.15, 0.2) is 48.5 Å². The Labute approximate surface area is 140 Å². The molecular weight excluding hydrogens is 308 g/mol. The van der Waals surface area contributed by atoms with Gasteiger partial charge < -0.3 is 4.74 Å². The molecule has 0 saturated heterocycles. The maximum Gasteiger partial charge on any atom is 0.144 e. The van der Waals surface area contributed by atoms with Gasteiger partial charge in [0.15, 0.2) is 0 Å². The molecule has 0 aliphatic heterocycles. The molecule has 1 aliphatic rings. The molecule has 0 spiro atoms. The van der Waals surface area contributed by atoms with Crippen LogP contribution in [0.25, 0.3) is 16.9 Å². The Hall–Kier alpha value is -2.26. The lowest BCUT2D eigenvalue weighted by molar-refractivity contribution is 0.412. The van der Waals surface area contributed by atoms with E-state index in [1.807, 2.05) is 53.2 Å². The summed E-state index contributed by atoms with van der Waals surface area (Å²) in [5, 5.41) is 5.58. The SMILES string of the molecule is COc1ccccc1-n1nc2c(c1-c1ccc(Cl)cc1)C[CH]C2. The predicted molar refractivity (Wildman–Crippen MR) is 92.3 cm³/mol. The number of nitrogens with zero attached hydrogens (tertiary/aromatic N) is 2. The van der Waals surface area contributed by atoms with Gasteiger partial charge in [0.1, 0.15) is 11.4 Å². The van der Waals surface area contributed by atoms with Crippen LogP contribution in [0.1, 0.15) is 11.3 Å². The van der Waals surface area contributed by atoms with Gasteiger partial charge in [0, 0.05) is 16.1 Å². The van der Waals surface area contributed by atoms with Gasteiger partial charge in [-0.15, -0.1) is 0 Å². The van der Waals surface area contributed by atoms with Crippen molar-refractivity contribution in [3.05, 3.63) is 71.2 Å². The Bertz CT molecular complexity index is 852. The molecule has 1 radical (unpaired) electrons. The zero-order chi connectivity index (χ0) is 15.8. The van der Waals surface area contributed by atoms with Crippen LogP contribution < -0.4 is 4.74 Å². The fraction of sp³-hybridized carbons (Fsp3) is 0.158. The van der Waals surface area contributed by atoms with Crippen molar-refractivity contribution in [2.24, 2.45) is 0 Å². The summed E-state index contributed by atoms with van der Waals surface area (Å²) >= 11 is 6.05. The summed E-state index contributed by atoms with van der Waals surface area (Å²) in [6, 6.07) is 15.9. The number of hydrogen-bond donors (Lipinski definition) is 0. The summed E-state index contributed by atoms with van der Waals surface area (Å²) in [6.45, 7) is 0. The highest BCUT2D eigenvalue weighted by Gasteiger charge is 2.25. The van der Waals surface area contributed by atoms with Crippen LogP contribution >= 0.6 is 11.6 Å². The number of para-hydroxylation sites is 2. The smallest absolute Gasteiger partial charge is 0.144 e. The van der Waals surface area contributed by atoms with Crippen LogP contribution in [0, 0.1) is 6.42 Å². The average molecular weight is 324 g/mol. The summed E-state index contributed by atoms with van der Waals surface area (Å²) in [5.74, 6) is 0.813. The monoisotopic (exact) mass is 323 g/mol. The number of benzene rings is 2. The molecule has 1 heterocycles. The van der Waals surface area contributed by atoms with Crippen LogP contribution in [-0.4, -0.2) is 16.9 Å². The predicted octanol–water partition coefficient (Wildman–Crippen LogP) is 4.50. The van der Waals surface area contributed by atoms with Gasteiger partial charge in [0.05, 0.1) is 18.5 Å². The minimum atomic E-state index is 0.736. The molecule has 1 aromatic heterocycles. The highest BCUT2D eigenvalue weighted by Crippen LogP contribution is 2.36. The summed E-state index contributed by atoms with van der Waals surface area (Å²) in [6.07, 6.45) is 4.13. The second-order valence-electron chi connectivity index (χ2n) is 5.56. The number of halogens is 1. The van der Waals surface area contributed by atoms with Crippen molar-refractivity contribution in [2.45, 2.75) is 12.8 Å². The fourth-order valence-electron chi connectivity index (χ4n) is 3.11. The standard InChI is InChI=1S/C19H16ClN2O/c1-23-18-8-3-2-7-17(18)22-19(13-9-11-14(20)12-10-13)15-5-4-6-16(15)21-22/h2-4,7-12H,5-6H2,1H3. The van der Waals surface area contributed by atoms with Crippen molar-refractivity contribution >= 4 is 11.6 Å². The summed E-state index contributed by atoms with van der Waals surface area (Å²) < 4.78 is 7.52. The van der Waals surface area contributed by atoms with Gasteiger partial charge in [-0.1, -0.05) is 35.9 Å². The van der Waals surface area contributed by atoms with E-state index in [0.717, 1.165) is 46.3 Å². The largest absolute Gasteiger partial charge is 0.494 e. The lowest BCUT2D eigenvalue weighted by atomic mass is 10.1. The average Bonchev–Trinajstić information content (AvgIpc) is 3.16. The summed E-state index contributed by atoms with van der Waals surface area (Å²) in [7, 11) is 1.69. The molecule has 0 saturated carbocycles. The minimum Gasteiger partial charge on any atom is -0.494 e. The molecule has 0 atom stereocenters. The van der Waals surface area contributed by atoms with Gasteiger partial charge in [-0.05, 0) is 43.5 Å². The van der Waals surface area contributed by atoms with Crippen LogP contribution in [-0.2, 0) is 12.8 Å². The molecule has 4 heteroatoms. The first-order chi connectivity index (χ1) is 11.3. The Morgan fingerprint density at radius 3 is 2.61 bits per heavy atom. The summed E-state index contributed by atoms with van der Waals surface area (Å²) in [5.41, 5.74) is 5.62. The van der Waals surface area contributed by atoms with Crippen LogP contribution in [0.2, 0.25) is 5.02 Å². The third-order valence-electron chi connectivity index (χ3n) is 4.18. The topological polar surface area (TPSA) is 27.1 Å². The number of ether oxygens (including phenoxy) is 1. The molecule has 0 fully saturated rings. The van der Waals surface area contributed by atoms with Crippen molar-refractivity contribution in [3.63, 3.8) is 0 Å². The van der Waals surface area contributed by atoms with E-state index in [1.165, 1.54) is 5.56 Å². The molecule has 4 rings (SSSR count). The number of hydrogen-bond acceptors (Lipinski definition) is 2. The fourth-order valence-corrected chi connectivity index (χ4v) is 3.24. The van der Waals surface area contributed by atoms with E-state index in [-0.39, 0.29) is 0 Å². The van der Waals surface area contributed by atoms with Crippen molar-refractivity contribution in [3.8, 4) is 22.7 Å². The van der Waals surface area contributed by atoms with E-state index in [0.29, 0.717) is 0 Å². The molecule has 1 aliphatic carbocycles. The third kappa shape index (κ3) is 2.41. The highest BCUT2D eigenvalue weighted by molar-refractivity contribution is 6.30. The van der Waals surface area contributed by atoms with Gasteiger partial charge >= 0.3 is 0 Å². The quantitative estimate of drug-likeness (QED) is 0.709. The number of methoxy groups -OCH3 is 1. The Kier molecular flexibility index (Phi) is 3.58. The number of aromatic nitrogens is 2. The number of rotatable bonds is 3. The van der Waals surface area contributed by atoms with Crippen molar-refractivity contribution < 1.29 is 4.74 Å². The maximum atomic E-state index is 6.05. The molecule has 0 bridgehead atoms. The first-order valence-corrected chi connectivity index (χ1v) is 7.97. The highest BCUT2D eigenvalue weighted by atomic mass is 35.5. The van der Waals surface area contributed by atoms with E-state index in [2.05, 4.69) is 6.42 Å². The lowest BCUT2D eigenvalue weighted by Gasteiger charge is -2.13. The van der Waals surface area contributed by atoms with Crippen LogP contribution in [0.3, 0.4) is 0 Å². The molecule has 3 aromatic rings. The third-order valence-corrected chi connectivity index (χ3v) is 4.44. The Morgan fingerprint density at radius 1 is 1.04 bits per heavy atom. The van der Waals surface area contributed by atoms with Gasteiger partial charge in [-0.2, -0.15) is 5.10 Å². The van der Waals surface area contributed by atoms with Gasteiger partial charge in [-0.3, -0.25) is 0 Å². The van der Waals surface area contributed by atoms with Crippen LogP contribution in [0.4, 0.5) is 0 Å². The molecule has 115 valence electrons. The van der Waals surface area contributed by atoms with Gasteiger partial charge in [0.25, 0.3) is 0 Å². The maximum absolute atomic E-state index is 6.05. The zero-order valence-corrected chi connectivity index (χ0v) is 13.5. The Balaban J connectivity index is 1.96. The van der Waals surface area contributed by atoms with Crippen LogP contribution in [0.5, 0.6) is 5.75 Å². The second-order valence-corrected chi connectivity index (χ2v) is 6.00. The summed E-state index contributed by atoms with van der Waals surface area (Å²) in [4.78, 5) is 0. The molecule has 0 N–H and O–H groups in total. The van der Waals surface area contributed by atoms with E-state index in [1.54, 1.807) is 7.11 Å². The van der Waals surface area contributed by atoms with E-state index in [4.69, 9.17) is 21.4 Å². The van der Waals surface area contributed by atoms with Gasteiger partial charge in [0.2, 0.25) is 0 Å². The van der Waals surface area contributed by atoms with E-state index >= 15 is 0 Å². The first kappa shape index (κ1) is 14.3. The Morgan fingerprint density at radius 2 is 1.83 bits per heavy atom. The molecule has 0 unspecified atom stereocenters. The molecular formula is C19H16ClN2O. The zero-order valence-electron chi connectivity index (χ0n) is 12.8. The molecule has 0 amide bonds. The molecule has 23 heavy (non-hydrogen) atoms. The van der Waals surface area contributed by atoms with E-state index in [9.17, 15) is 0 Å². The lowest BCUT2D eigenvalue weighted by Crippen LogP contribution is -2.03. The molecule has 3 nitrogen and oxygen atoms in total. The van der Waals surface area contributed by atoms with Gasteiger partial charge in [-0.25, -0.2) is 4.68 Å². The van der Waals surface area contributed by atoms with Crippen molar-refractivity contribution in [2.75, 3.05) is 7.11 Å². The number of fused-ring (bicyclic) bond motifs is 1. The second kappa shape index (κ2) is 5.74. The minimum absolute atomic E-state index is 0.736. The van der Waals surface area contributed by atoms with E-state index < -0.39 is 0 Å². The van der Waals surface area contributed by atoms with Crippen molar-refractivity contribution in [1.82, 2.24) is 9.78 Å². The first-order valence-electron chi connectivity index (χ1n) is 7.59. The molecule has 2 aromatic carbocycles. The van der Waals surface area contributed by atoms with Crippen molar-refractivity contribution in [1.29, 1.82) is 0 Å².